The first kappa shape index (κ1) is 12.3. The molecule has 1 aliphatic rings. The van der Waals surface area contributed by atoms with Crippen LogP contribution in [0, 0.1) is 5.92 Å². The van der Waals surface area contributed by atoms with Gasteiger partial charge < -0.3 is 10.1 Å². The molecule has 0 bridgehead atoms. The third-order valence-electron chi connectivity index (χ3n) is 3.76. The minimum Gasteiger partial charge on any atom is -0.490 e. The van der Waals surface area contributed by atoms with Crippen molar-refractivity contribution in [3.05, 3.63) is 24.3 Å². The van der Waals surface area contributed by atoms with Gasteiger partial charge in [-0.15, -0.1) is 0 Å². The number of hydrogen-bond donors (Lipinski definition) is 1. The van der Waals surface area contributed by atoms with E-state index in [0.717, 1.165) is 17.4 Å². The van der Waals surface area contributed by atoms with Crippen LogP contribution >= 0.6 is 0 Å². The normalized spacial score (nSPS) is 24.4. The van der Waals surface area contributed by atoms with Crippen LogP contribution in [-0.2, 0) is 0 Å². The van der Waals surface area contributed by atoms with E-state index in [2.05, 4.69) is 36.5 Å². The zero-order valence-electron chi connectivity index (χ0n) is 10.9. The molecule has 0 saturated heterocycles. The molecular weight excluding hydrogens is 210 g/mol. The molecule has 1 aliphatic carbocycles. The van der Waals surface area contributed by atoms with Gasteiger partial charge in [0, 0.05) is 12.7 Å². The molecule has 0 amide bonds. The number of benzene rings is 1. The van der Waals surface area contributed by atoms with E-state index in [1.165, 1.54) is 32.1 Å². The van der Waals surface area contributed by atoms with Crippen molar-refractivity contribution in [3.8, 4) is 5.75 Å². The van der Waals surface area contributed by atoms with Gasteiger partial charge in [-0.25, -0.2) is 0 Å². The summed E-state index contributed by atoms with van der Waals surface area (Å²) in [5, 5.41) is 3.12. The molecule has 2 heteroatoms. The van der Waals surface area contributed by atoms with Gasteiger partial charge in [-0.05, 0) is 49.4 Å². The lowest BCUT2D eigenvalue weighted by Gasteiger charge is -2.29. The molecule has 0 radical (unpaired) electrons. The third-order valence-corrected chi connectivity index (χ3v) is 3.76. The van der Waals surface area contributed by atoms with E-state index in [9.17, 15) is 0 Å². The van der Waals surface area contributed by atoms with Crippen LogP contribution in [0.2, 0.25) is 0 Å². The van der Waals surface area contributed by atoms with Crippen molar-refractivity contribution in [3.63, 3.8) is 0 Å². The first-order valence-corrected chi connectivity index (χ1v) is 6.76. The number of anilines is 1. The summed E-state index contributed by atoms with van der Waals surface area (Å²) >= 11 is 0. The Balaban J connectivity index is 1.90. The molecule has 0 spiro atoms. The second-order valence-electron chi connectivity index (χ2n) is 4.96. The van der Waals surface area contributed by atoms with Crippen molar-refractivity contribution in [2.45, 2.75) is 45.1 Å². The lowest BCUT2D eigenvalue weighted by atomic mass is 9.85. The van der Waals surface area contributed by atoms with Crippen LogP contribution < -0.4 is 10.1 Å². The molecule has 2 atom stereocenters. The number of ether oxygens (including phenoxy) is 1. The Morgan fingerprint density at radius 1 is 1.24 bits per heavy atom. The third kappa shape index (κ3) is 3.39. The lowest BCUT2D eigenvalue weighted by Crippen LogP contribution is -2.25. The van der Waals surface area contributed by atoms with E-state index in [-0.39, 0.29) is 0 Å². The summed E-state index contributed by atoms with van der Waals surface area (Å²) in [5.74, 6) is 1.87. The van der Waals surface area contributed by atoms with Crippen molar-refractivity contribution in [1.29, 1.82) is 0 Å². The van der Waals surface area contributed by atoms with Crippen LogP contribution in [0.3, 0.4) is 0 Å². The minimum absolute atomic E-state index is 0.425. The van der Waals surface area contributed by atoms with Crippen LogP contribution in [-0.4, -0.2) is 13.2 Å². The highest BCUT2D eigenvalue weighted by Crippen LogP contribution is 2.29. The van der Waals surface area contributed by atoms with E-state index in [4.69, 9.17) is 4.74 Å². The zero-order valence-corrected chi connectivity index (χ0v) is 10.9. The van der Waals surface area contributed by atoms with Gasteiger partial charge in [-0.1, -0.05) is 19.8 Å². The van der Waals surface area contributed by atoms with E-state index in [1.54, 1.807) is 0 Å². The fourth-order valence-electron chi connectivity index (χ4n) is 2.61. The second kappa shape index (κ2) is 5.95. The Hall–Kier alpha value is -1.18. The molecule has 1 fully saturated rings. The Kier molecular flexibility index (Phi) is 4.29. The summed E-state index contributed by atoms with van der Waals surface area (Å²) in [5.41, 5.74) is 1.13. The summed E-state index contributed by atoms with van der Waals surface area (Å²) in [6.07, 6.45) is 6.86. The maximum Gasteiger partial charge on any atom is 0.119 e. The van der Waals surface area contributed by atoms with Crippen LogP contribution in [0.25, 0.3) is 0 Å². The molecule has 0 heterocycles. The topological polar surface area (TPSA) is 21.3 Å². The summed E-state index contributed by atoms with van der Waals surface area (Å²) in [7, 11) is 1.93. The second-order valence-corrected chi connectivity index (χ2v) is 4.96. The van der Waals surface area contributed by atoms with E-state index in [0.29, 0.717) is 6.10 Å². The van der Waals surface area contributed by atoms with Gasteiger partial charge in [0.2, 0.25) is 0 Å². The van der Waals surface area contributed by atoms with Crippen LogP contribution in [0.1, 0.15) is 39.0 Å². The highest BCUT2D eigenvalue weighted by atomic mass is 16.5. The van der Waals surface area contributed by atoms with E-state index >= 15 is 0 Å². The summed E-state index contributed by atoms with van der Waals surface area (Å²) in [4.78, 5) is 0. The quantitative estimate of drug-likeness (QED) is 0.846. The maximum atomic E-state index is 6.06. The Labute approximate surface area is 104 Å². The highest BCUT2D eigenvalue weighted by molar-refractivity contribution is 5.45. The van der Waals surface area contributed by atoms with Gasteiger partial charge in [0.1, 0.15) is 5.75 Å². The van der Waals surface area contributed by atoms with Crippen molar-refractivity contribution in [1.82, 2.24) is 0 Å². The van der Waals surface area contributed by atoms with Crippen molar-refractivity contribution >= 4 is 5.69 Å². The Morgan fingerprint density at radius 3 is 2.65 bits per heavy atom. The molecule has 2 nitrogen and oxygen atoms in total. The highest BCUT2D eigenvalue weighted by Gasteiger charge is 2.21. The fourth-order valence-corrected chi connectivity index (χ4v) is 2.61. The van der Waals surface area contributed by atoms with Gasteiger partial charge in [-0.3, -0.25) is 0 Å². The van der Waals surface area contributed by atoms with Gasteiger partial charge in [0.05, 0.1) is 6.10 Å². The SMILES string of the molecule is CCC1CCCC(Oc2ccc(NC)cc2)C1. The number of nitrogens with one attached hydrogen (secondary N) is 1. The van der Waals surface area contributed by atoms with Gasteiger partial charge in [0.25, 0.3) is 0 Å². The van der Waals surface area contributed by atoms with Crippen molar-refractivity contribution in [2.24, 2.45) is 5.92 Å². The maximum absolute atomic E-state index is 6.06. The Bertz CT molecular complexity index is 333. The molecule has 2 unspecified atom stereocenters. The van der Waals surface area contributed by atoms with Gasteiger partial charge in [0.15, 0.2) is 0 Å². The lowest BCUT2D eigenvalue weighted by molar-refractivity contribution is 0.122. The smallest absolute Gasteiger partial charge is 0.119 e. The predicted octanol–water partition coefficient (Wildman–Crippen LogP) is 4.08. The van der Waals surface area contributed by atoms with Gasteiger partial charge >= 0.3 is 0 Å². The molecule has 0 aromatic heterocycles. The van der Waals surface area contributed by atoms with Crippen LogP contribution in [0.15, 0.2) is 24.3 Å². The van der Waals surface area contributed by atoms with E-state index in [1.807, 2.05) is 7.05 Å². The minimum atomic E-state index is 0.425. The van der Waals surface area contributed by atoms with Gasteiger partial charge in [-0.2, -0.15) is 0 Å². The first-order valence-electron chi connectivity index (χ1n) is 6.76. The Morgan fingerprint density at radius 2 is 2.00 bits per heavy atom. The molecule has 1 N–H and O–H groups in total. The standard InChI is InChI=1S/C15H23NO/c1-3-12-5-4-6-15(11-12)17-14-9-7-13(16-2)8-10-14/h7-10,12,15-16H,3-6,11H2,1-2H3. The molecule has 0 aliphatic heterocycles. The van der Waals surface area contributed by atoms with Crippen molar-refractivity contribution < 1.29 is 4.74 Å². The molecule has 1 aromatic rings. The van der Waals surface area contributed by atoms with Crippen LogP contribution in [0.4, 0.5) is 5.69 Å². The molecule has 94 valence electrons. The molecule has 1 aromatic carbocycles. The predicted molar refractivity (Wildman–Crippen MR) is 72.7 cm³/mol. The first-order chi connectivity index (χ1) is 8.31. The summed E-state index contributed by atoms with van der Waals surface area (Å²) < 4.78 is 6.06. The monoisotopic (exact) mass is 233 g/mol. The largest absolute Gasteiger partial charge is 0.490 e. The van der Waals surface area contributed by atoms with Crippen LogP contribution in [0.5, 0.6) is 5.75 Å². The fraction of sp³-hybridized carbons (Fsp3) is 0.600. The molecule has 17 heavy (non-hydrogen) atoms. The van der Waals surface area contributed by atoms with Crippen molar-refractivity contribution in [2.75, 3.05) is 12.4 Å². The number of hydrogen-bond acceptors (Lipinski definition) is 2. The number of rotatable bonds is 4. The average Bonchev–Trinajstić information content (AvgIpc) is 2.40. The average molecular weight is 233 g/mol. The molecule has 2 rings (SSSR count). The summed E-state index contributed by atoms with van der Waals surface area (Å²) in [6, 6.07) is 8.24. The zero-order chi connectivity index (χ0) is 12.1. The molecule has 1 saturated carbocycles. The van der Waals surface area contributed by atoms with E-state index < -0.39 is 0 Å². The molecular formula is C15H23NO. The summed E-state index contributed by atoms with van der Waals surface area (Å²) in [6.45, 7) is 2.29.